The van der Waals surface area contributed by atoms with E-state index in [1.165, 1.54) is 0 Å². The van der Waals surface area contributed by atoms with Crippen LogP contribution in [0.2, 0.25) is 0 Å². The summed E-state index contributed by atoms with van der Waals surface area (Å²) in [5.74, 6) is -0.100. The van der Waals surface area contributed by atoms with Gasteiger partial charge < -0.3 is 20.0 Å². The summed E-state index contributed by atoms with van der Waals surface area (Å²) in [6.07, 6.45) is -0.303. The van der Waals surface area contributed by atoms with Crippen molar-refractivity contribution < 1.29 is 19.5 Å². The lowest BCUT2D eigenvalue weighted by Crippen LogP contribution is -2.36. The maximum Gasteiger partial charge on any atom is 0.264 e. The SMILES string of the molecule is COCCNC(=O)[C@H]1CC(c2ccccc2O)=NO1. The molecule has 1 atom stereocenters. The first-order valence-corrected chi connectivity index (χ1v) is 6.00. The van der Waals surface area contributed by atoms with E-state index >= 15 is 0 Å². The van der Waals surface area contributed by atoms with Crippen molar-refractivity contribution in [3.63, 3.8) is 0 Å². The maximum absolute atomic E-state index is 11.8. The highest BCUT2D eigenvalue weighted by Crippen LogP contribution is 2.23. The number of amides is 1. The van der Waals surface area contributed by atoms with Crippen molar-refractivity contribution in [2.45, 2.75) is 12.5 Å². The van der Waals surface area contributed by atoms with E-state index in [1.807, 2.05) is 0 Å². The van der Waals surface area contributed by atoms with Crippen molar-refractivity contribution in [3.8, 4) is 5.75 Å². The van der Waals surface area contributed by atoms with Gasteiger partial charge in [-0.2, -0.15) is 0 Å². The quantitative estimate of drug-likeness (QED) is 0.765. The first kappa shape index (κ1) is 13.4. The largest absolute Gasteiger partial charge is 0.507 e. The van der Waals surface area contributed by atoms with Crippen LogP contribution in [-0.2, 0) is 14.4 Å². The zero-order valence-electron chi connectivity index (χ0n) is 10.6. The molecule has 0 bridgehead atoms. The average molecular weight is 264 g/mol. The van der Waals surface area contributed by atoms with Crippen LogP contribution < -0.4 is 5.32 Å². The van der Waals surface area contributed by atoms with Gasteiger partial charge in [0.15, 0.2) is 0 Å². The highest BCUT2D eigenvalue weighted by molar-refractivity contribution is 6.05. The number of para-hydroxylation sites is 1. The number of benzene rings is 1. The second kappa shape index (κ2) is 6.19. The third kappa shape index (κ3) is 3.23. The van der Waals surface area contributed by atoms with Gasteiger partial charge in [-0.05, 0) is 12.1 Å². The van der Waals surface area contributed by atoms with E-state index in [4.69, 9.17) is 9.57 Å². The molecule has 1 aliphatic heterocycles. The third-order valence-corrected chi connectivity index (χ3v) is 2.78. The molecule has 1 aromatic carbocycles. The summed E-state index contributed by atoms with van der Waals surface area (Å²) >= 11 is 0. The Morgan fingerprint density at radius 1 is 1.58 bits per heavy atom. The minimum atomic E-state index is -0.647. The second-order valence-electron chi connectivity index (χ2n) is 4.14. The molecule has 1 amide bonds. The minimum absolute atomic E-state index is 0.130. The van der Waals surface area contributed by atoms with Crippen LogP contribution in [0.4, 0.5) is 0 Å². The Kier molecular flexibility index (Phi) is 4.35. The van der Waals surface area contributed by atoms with Crippen LogP contribution in [0.25, 0.3) is 0 Å². The Hall–Kier alpha value is -2.08. The van der Waals surface area contributed by atoms with Gasteiger partial charge in [-0.3, -0.25) is 4.79 Å². The van der Waals surface area contributed by atoms with Gasteiger partial charge in [0, 0.05) is 25.6 Å². The zero-order chi connectivity index (χ0) is 13.7. The molecule has 6 heteroatoms. The number of carbonyl (C=O) groups is 1. The van der Waals surface area contributed by atoms with Crippen molar-refractivity contribution in [2.75, 3.05) is 20.3 Å². The number of phenolic OH excluding ortho intramolecular Hbond substituents is 1. The molecule has 0 fully saturated rings. The molecule has 1 aromatic rings. The molecule has 102 valence electrons. The standard InChI is InChI=1S/C13H16N2O4/c1-18-7-6-14-13(17)12-8-10(15-19-12)9-4-2-3-5-11(9)16/h2-5,12,16H,6-8H2,1H3,(H,14,17)/t12-/m1/s1. The first-order chi connectivity index (χ1) is 9.22. The molecular weight excluding hydrogens is 248 g/mol. The fraction of sp³-hybridized carbons (Fsp3) is 0.385. The number of phenols is 1. The van der Waals surface area contributed by atoms with Crippen LogP contribution in [0, 0.1) is 0 Å². The molecule has 0 unspecified atom stereocenters. The summed E-state index contributed by atoms with van der Waals surface area (Å²) in [6.45, 7) is 0.882. The molecule has 1 aliphatic rings. The van der Waals surface area contributed by atoms with Crippen molar-refractivity contribution in [2.24, 2.45) is 5.16 Å². The van der Waals surface area contributed by atoms with Crippen LogP contribution in [0.15, 0.2) is 29.4 Å². The Morgan fingerprint density at radius 3 is 3.11 bits per heavy atom. The van der Waals surface area contributed by atoms with E-state index < -0.39 is 6.10 Å². The summed E-state index contributed by atoms with van der Waals surface area (Å²) in [7, 11) is 1.57. The predicted molar refractivity (Wildman–Crippen MR) is 69.0 cm³/mol. The van der Waals surface area contributed by atoms with Gasteiger partial charge in [0.25, 0.3) is 5.91 Å². The van der Waals surface area contributed by atoms with Crippen LogP contribution in [0.1, 0.15) is 12.0 Å². The highest BCUT2D eigenvalue weighted by atomic mass is 16.6. The van der Waals surface area contributed by atoms with E-state index in [0.29, 0.717) is 30.8 Å². The normalized spacial score (nSPS) is 17.7. The molecule has 19 heavy (non-hydrogen) atoms. The number of rotatable bonds is 5. The van der Waals surface area contributed by atoms with Crippen LogP contribution in [-0.4, -0.2) is 43.1 Å². The Morgan fingerprint density at radius 2 is 2.37 bits per heavy atom. The average Bonchev–Trinajstić information content (AvgIpc) is 2.89. The maximum atomic E-state index is 11.8. The molecule has 0 spiro atoms. The lowest BCUT2D eigenvalue weighted by molar-refractivity contribution is -0.131. The van der Waals surface area contributed by atoms with Crippen molar-refractivity contribution in [1.29, 1.82) is 0 Å². The topological polar surface area (TPSA) is 80.2 Å². The molecule has 6 nitrogen and oxygen atoms in total. The number of methoxy groups -OCH3 is 1. The van der Waals surface area contributed by atoms with Crippen molar-refractivity contribution >= 4 is 11.6 Å². The smallest absolute Gasteiger partial charge is 0.264 e. The van der Waals surface area contributed by atoms with Gasteiger partial charge in [-0.15, -0.1) is 0 Å². The number of nitrogens with one attached hydrogen (secondary N) is 1. The van der Waals surface area contributed by atoms with Crippen molar-refractivity contribution in [3.05, 3.63) is 29.8 Å². The molecule has 2 N–H and O–H groups in total. The van der Waals surface area contributed by atoms with Crippen LogP contribution in [0.5, 0.6) is 5.75 Å². The molecule has 0 saturated heterocycles. The predicted octanol–water partition coefficient (Wildman–Crippen LogP) is 0.648. The van der Waals surface area contributed by atoms with E-state index in [1.54, 1.807) is 31.4 Å². The van der Waals surface area contributed by atoms with Gasteiger partial charge in [0.05, 0.1) is 12.3 Å². The van der Waals surface area contributed by atoms with Gasteiger partial charge in [-0.1, -0.05) is 17.3 Å². The number of hydrogen-bond donors (Lipinski definition) is 2. The molecule has 0 aliphatic carbocycles. The lowest BCUT2D eigenvalue weighted by atomic mass is 10.0. The lowest BCUT2D eigenvalue weighted by Gasteiger charge is -2.08. The van der Waals surface area contributed by atoms with E-state index in [-0.39, 0.29) is 11.7 Å². The van der Waals surface area contributed by atoms with E-state index in [9.17, 15) is 9.90 Å². The van der Waals surface area contributed by atoms with E-state index in [2.05, 4.69) is 10.5 Å². The fourth-order valence-corrected chi connectivity index (χ4v) is 1.78. The minimum Gasteiger partial charge on any atom is -0.507 e. The van der Waals surface area contributed by atoms with E-state index in [0.717, 1.165) is 0 Å². The zero-order valence-corrected chi connectivity index (χ0v) is 10.6. The number of oxime groups is 1. The first-order valence-electron chi connectivity index (χ1n) is 6.00. The summed E-state index contributed by atoms with van der Waals surface area (Å²) in [6, 6.07) is 6.83. The fourth-order valence-electron chi connectivity index (χ4n) is 1.78. The molecule has 2 rings (SSSR count). The summed E-state index contributed by atoms with van der Waals surface area (Å²) in [4.78, 5) is 16.8. The Bertz CT molecular complexity index is 487. The number of nitrogens with zero attached hydrogens (tertiary/aromatic N) is 1. The Balaban J connectivity index is 1.92. The van der Waals surface area contributed by atoms with Gasteiger partial charge in [0.2, 0.25) is 6.10 Å². The van der Waals surface area contributed by atoms with Gasteiger partial charge in [-0.25, -0.2) is 0 Å². The monoisotopic (exact) mass is 264 g/mol. The summed E-state index contributed by atoms with van der Waals surface area (Å²) in [5.41, 5.74) is 1.17. The summed E-state index contributed by atoms with van der Waals surface area (Å²) < 4.78 is 4.84. The number of hydrogen-bond acceptors (Lipinski definition) is 5. The molecule has 0 radical (unpaired) electrons. The third-order valence-electron chi connectivity index (χ3n) is 2.78. The van der Waals surface area contributed by atoms with Crippen LogP contribution in [0.3, 0.4) is 0 Å². The molecule has 0 aromatic heterocycles. The second-order valence-corrected chi connectivity index (χ2v) is 4.14. The van der Waals surface area contributed by atoms with Crippen molar-refractivity contribution in [1.82, 2.24) is 5.32 Å². The Labute approximate surface area is 111 Å². The number of carbonyl (C=O) groups excluding carboxylic acids is 1. The molecule has 0 saturated carbocycles. The summed E-state index contributed by atoms with van der Waals surface area (Å²) in [5, 5.41) is 16.3. The molecular formula is C13H16N2O4. The highest BCUT2D eigenvalue weighted by Gasteiger charge is 2.29. The van der Waals surface area contributed by atoms with Crippen LogP contribution >= 0.6 is 0 Å². The number of aromatic hydroxyl groups is 1. The molecule has 1 heterocycles. The number of ether oxygens (including phenoxy) is 1. The van der Waals surface area contributed by atoms with Gasteiger partial charge in [0.1, 0.15) is 5.75 Å². The van der Waals surface area contributed by atoms with Gasteiger partial charge >= 0.3 is 0 Å².